The summed E-state index contributed by atoms with van der Waals surface area (Å²) in [5.74, 6) is -1.05. The Morgan fingerprint density at radius 3 is 2.17 bits per heavy atom. The zero-order chi connectivity index (χ0) is 13.9. The molecule has 0 spiro atoms. The molecule has 0 unspecified atom stereocenters. The van der Waals surface area contributed by atoms with Gasteiger partial charge in [-0.1, -0.05) is 6.92 Å². The van der Waals surface area contributed by atoms with E-state index in [2.05, 4.69) is 5.32 Å². The highest BCUT2D eigenvalue weighted by molar-refractivity contribution is 6.03. The van der Waals surface area contributed by atoms with Crippen LogP contribution >= 0.6 is 0 Å². The van der Waals surface area contributed by atoms with E-state index in [0.717, 1.165) is 6.42 Å². The van der Waals surface area contributed by atoms with Gasteiger partial charge in [0.2, 0.25) is 5.91 Å². The quantitative estimate of drug-likeness (QED) is 0.735. The molecule has 1 aromatic rings. The third kappa shape index (κ3) is 2.80. The van der Waals surface area contributed by atoms with Crippen LogP contribution in [0.1, 0.15) is 46.5 Å². The summed E-state index contributed by atoms with van der Waals surface area (Å²) in [4.78, 5) is 22.7. The van der Waals surface area contributed by atoms with E-state index in [4.69, 9.17) is 11.5 Å². The van der Waals surface area contributed by atoms with E-state index in [1.165, 1.54) is 12.1 Å². The zero-order valence-corrected chi connectivity index (χ0v) is 10.9. The number of hydrogen-bond donors (Lipinski definition) is 3. The molecule has 1 atom stereocenters. The van der Waals surface area contributed by atoms with Crippen LogP contribution in [0, 0.1) is 6.92 Å². The van der Waals surface area contributed by atoms with Crippen LogP contribution in [-0.4, -0.2) is 17.9 Å². The largest absolute Gasteiger partial charge is 0.382 e. The summed E-state index contributed by atoms with van der Waals surface area (Å²) < 4.78 is 0. The second-order valence-electron chi connectivity index (χ2n) is 4.34. The van der Waals surface area contributed by atoms with Crippen molar-refractivity contribution >= 4 is 17.5 Å². The fraction of sp³-hybridized carbons (Fsp3) is 0.385. The molecule has 0 saturated heterocycles. The maximum absolute atomic E-state index is 11.4. The Balaban J connectivity index is 3.35. The molecular weight excluding hydrogens is 230 g/mol. The molecule has 0 radical (unpaired) electrons. The van der Waals surface area contributed by atoms with E-state index < -0.39 is 11.8 Å². The highest BCUT2D eigenvalue weighted by Crippen LogP contribution is 2.25. The minimum Gasteiger partial charge on any atom is -0.382 e. The minimum absolute atomic E-state index is 0.171. The first-order valence-electron chi connectivity index (χ1n) is 5.88. The lowest BCUT2D eigenvalue weighted by Crippen LogP contribution is -2.22. The molecule has 0 aliphatic rings. The number of carbonyl (C=O) groups is 2. The summed E-state index contributed by atoms with van der Waals surface area (Å²) in [7, 11) is 0. The number of anilines is 1. The molecule has 0 saturated carbocycles. The van der Waals surface area contributed by atoms with Crippen molar-refractivity contribution in [3.8, 4) is 0 Å². The number of carbonyl (C=O) groups excluding carboxylic acids is 2. The van der Waals surface area contributed by atoms with E-state index in [1.807, 2.05) is 13.8 Å². The molecule has 5 nitrogen and oxygen atoms in total. The molecule has 5 N–H and O–H groups in total. The molecule has 0 bridgehead atoms. The lowest BCUT2D eigenvalue weighted by molar-refractivity contribution is 0.0988. The molecule has 0 aliphatic carbocycles. The predicted octanol–water partition coefficient (Wildman–Crippen LogP) is 1.40. The second-order valence-corrected chi connectivity index (χ2v) is 4.34. The predicted molar refractivity (Wildman–Crippen MR) is 71.6 cm³/mol. The van der Waals surface area contributed by atoms with Gasteiger partial charge in [0, 0.05) is 11.6 Å². The van der Waals surface area contributed by atoms with Crippen LogP contribution < -0.4 is 16.8 Å². The Hall–Kier alpha value is -2.04. The number of rotatable bonds is 5. The van der Waals surface area contributed by atoms with Gasteiger partial charge in [0.15, 0.2) is 0 Å². The Labute approximate surface area is 107 Å². The second kappa shape index (κ2) is 5.53. The molecular formula is C13H19N3O2. The fourth-order valence-electron chi connectivity index (χ4n) is 1.72. The lowest BCUT2D eigenvalue weighted by Gasteiger charge is -2.19. The van der Waals surface area contributed by atoms with Gasteiger partial charge in [0.25, 0.3) is 5.91 Å². The van der Waals surface area contributed by atoms with Gasteiger partial charge in [-0.25, -0.2) is 0 Å². The van der Waals surface area contributed by atoms with E-state index in [-0.39, 0.29) is 6.04 Å². The molecule has 1 aromatic carbocycles. The van der Waals surface area contributed by atoms with E-state index in [9.17, 15) is 9.59 Å². The van der Waals surface area contributed by atoms with Crippen molar-refractivity contribution in [3.63, 3.8) is 0 Å². The summed E-state index contributed by atoms with van der Waals surface area (Å²) >= 11 is 0. The topological polar surface area (TPSA) is 98.2 Å². The van der Waals surface area contributed by atoms with Gasteiger partial charge in [-0.3, -0.25) is 9.59 Å². The molecule has 1 rings (SSSR count). The maximum atomic E-state index is 11.4. The molecule has 0 aromatic heterocycles. The van der Waals surface area contributed by atoms with Crippen molar-refractivity contribution in [1.29, 1.82) is 0 Å². The molecule has 98 valence electrons. The van der Waals surface area contributed by atoms with Gasteiger partial charge in [-0.2, -0.15) is 0 Å². The average Bonchev–Trinajstić information content (AvgIpc) is 2.30. The van der Waals surface area contributed by atoms with Crippen LogP contribution in [0.2, 0.25) is 0 Å². The summed E-state index contributed by atoms with van der Waals surface area (Å²) in [6.07, 6.45) is 0.887. The lowest BCUT2D eigenvalue weighted by atomic mass is 10.00. The van der Waals surface area contributed by atoms with Gasteiger partial charge in [-0.15, -0.1) is 0 Å². The number of primary amides is 2. The third-order valence-electron chi connectivity index (χ3n) is 3.00. The fourth-order valence-corrected chi connectivity index (χ4v) is 1.72. The summed E-state index contributed by atoms with van der Waals surface area (Å²) in [5.41, 5.74) is 12.6. The molecule has 5 heteroatoms. The molecule has 0 aliphatic heterocycles. The monoisotopic (exact) mass is 249 g/mol. The highest BCUT2D eigenvalue weighted by atomic mass is 16.1. The van der Waals surface area contributed by atoms with E-state index in [0.29, 0.717) is 22.4 Å². The molecule has 18 heavy (non-hydrogen) atoms. The van der Waals surface area contributed by atoms with Gasteiger partial charge < -0.3 is 16.8 Å². The SMILES string of the molecule is CC[C@@H](C)Nc1c(C(N)=O)ccc(C(N)=O)c1C. The van der Waals surface area contributed by atoms with Crippen molar-refractivity contribution in [2.24, 2.45) is 11.5 Å². The average molecular weight is 249 g/mol. The van der Waals surface area contributed by atoms with Crippen LogP contribution in [-0.2, 0) is 0 Å². The van der Waals surface area contributed by atoms with Crippen LogP contribution in [0.5, 0.6) is 0 Å². The first-order valence-corrected chi connectivity index (χ1v) is 5.88. The standard InChI is InChI=1S/C13H19N3O2/c1-4-7(2)16-11-8(3)9(12(14)17)5-6-10(11)13(15)18/h5-7,16H,4H2,1-3H3,(H2,14,17)(H2,15,18)/t7-/m1/s1. The smallest absolute Gasteiger partial charge is 0.250 e. The summed E-state index contributed by atoms with van der Waals surface area (Å²) in [6.45, 7) is 5.76. The number of hydrogen-bond acceptors (Lipinski definition) is 3. The maximum Gasteiger partial charge on any atom is 0.250 e. The van der Waals surface area contributed by atoms with E-state index in [1.54, 1.807) is 6.92 Å². The highest BCUT2D eigenvalue weighted by Gasteiger charge is 2.17. The van der Waals surface area contributed by atoms with Crippen LogP contribution in [0.15, 0.2) is 12.1 Å². The van der Waals surface area contributed by atoms with Crippen molar-refractivity contribution in [1.82, 2.24) is 0 Å². The Morgan fingerprint density at radius 2 is 1.72 bits per heavy atom. The Morgan fingerprint density at radius 1 is 1.22 bits per heavy atom. The number of benzene rings is 1. The molecule has 0 fully saturated rings. The van der Waals surface area contributed by atoms with Crippen LogP contribution in [0.4, 0.5) is 5.69 Å². The summed E-state index contributed by atoms with van der Waals surface area (Å²) in [5, 5.41) is 3.20. The Kier molecular flexibility index (Phi) is 4.31. The number of nitrogens with two attached hydrogens (primary N) is 2. The van der Waals surface area contributed by atoms with E-state index >= 15 is 0 Å². The van der Waals surface area contributed by atoms with Crippen LogP contribution in [0.3, 0.4) is 0 Å². The zero-order valence-electron chi connectivity index (χ0n) is 10.9. The summed E-state index contributed by atoms with van der Waals surface area (Å²) in [6, 6.07) is 3.23. The number of nitrogens with one attached hydrogen (secondary N) is 1. The van der Waals surface area contributed by atoms with Crippen molar-refractivity contribution < 1.29 is 9.59 Å². The normalized spacial score (nSPS) is 11.9. The van der Waals surface area contributed by atoms with Crippen molar-refractivity contribution in [3.05, 3.63) is 28.8 Å². The van der Waals surface area contributed by atoms with Gasteiger partial charge in [0.1, 0.15) is 0 Å². The van der Waals surface area contributed by atoms with Crippen molar-refractivity contribution in [2.45, 2.75) is 33.2 Å². The van der Waals surface area contributed by atoms with Gasteiger partial charge in [-0.05, 0) is 38.0 Å². The molecule has 2 amide bonds. The number of amides is 2. The first-order chi connectivity index (χ1) is 8.38. The first kappa shape index (κ1) is 14.0. The minimum atomic E-state index is -0.528. The van der Waals surface area contributed by atoms with Crippen molar-refractivity contribution in [2.75, 3.05) is 5.32 Å². The molecule has 0 heterocycles. The Bertz CT molecular complexity index is 483. The third-order valence-corrected chi connectivity index (χ3v) is 3.00. The van der Waals surface area contributed by atoms with Gasteiger partial charge >= 0.3 is 0 Å². The van der Waals surface area contributed by atoms with Gasteiger partial charge in [0.05, 0.1) is 11.3 Å². The van der Waals surface area contributed by atoms with Crippen LogP contribution in [0.25, 0.3) is 0 Å².